The number of hydrogen-bond acceptors (Lipinski definition) is 3. The number of nitrogens with zero attached hydrogens (tertiary/aromatic N) is 1. The molecular weight excluding hydrogens is 321 g/mol. The van der Waals surface area contributed by atoms with Gasteiger partial charge in [-0.2, -0.15) is 0 Å². The highest BCUT2D eigenvalue weighted by Crippen LogP contribution is 2.25. The maximum atomic E-state index is 13.8. The van der Waals surface area contributed by atoms with Crippen molar-refractivity contribution in [2.75, 3.05) is 24.5 Å². The van der Waals surface area contributed by atoms with Crippen molar-refractivity contribution >= 4 is 29.9 Å². The Bertz CT molecular complexity index is 594. The van der Waals surface area contributed by atoms with Crippen LogP contribution in [0.4, 0.5) is 10.1 Å². The summed E-state index contributed by atoms with van der Waals surface area (Å²) in [5.41, 5.74) is 0.278. The highest BCUT2D eigenvalue weighted by Gasteiger charge is 2.37. The second kappa shape index (κ2) is 7.27. The molecule has 2 N–H and O–H groups in total. The van der Waals surface area contributed by atoms with E-state index < -0.39 is 11.9 Å². The van der Waals surface area contributed by atoms with Crippen LogP contribution < -0.4 is 15.5 Å². The van der Waals surface area contributed by atoms with Crippen LogP contribution in [0.3, 0.4) is 0 Å². The minimum atomic E-state index is -0.553. The lowest BCUT2D eigenvalue weighted by atomic mass is 9.88. The first-order valence-electron chi connectivity index (χ1n) is 7.65. The minimum absolute atomic E-state index is 0. The summed E-state index contributed by atoms with van der Waals surface area (Å²) in [6.07, 6.45) is 0.508. The molecule has 2 atom stereocenters. The van der Waals surface area contributed by atoms with Crippen molar-refractivity contribution in [3.8, 4) is 0 Å². The van der Waals surface area contributed by atoms with Crippen molar-refractivity contribution in [1.82, 2.24) is 10.6 Å². The highest BCUT2D eigenvalue weighted by atomic mass is 35.5. The topological polar surface area (TPSA) is 61.4 Å². The van der Waals surface area contributed by atoms with Crippen LogP contribution >= 0.6 is 12.4 Å². The lowest BCUT2D eigenvalue weighted by Gasteiger charge is -2.32. The molecule has 2 heterocycles. The van der Waals surface area contributed by atoms with Gasteiger partial charge in [-0.25, -0.2) is 4.39 Å². The van der Waals surface area contributed by atoms with Crippen LogP contribution in [0.5, 0.6) is 0 Å². The van der Waals surface area contributed by atoms with E-state index in [4.69, 9.17) is 0 Å². The van der Waals surface area contributed by atoms with Gasteiger partial charge in [0.1, 0.15) is 11.9 Å². The Balaban J connectivity index is 0.00000192. The van der Waals surface area contributed by atoms with E-state index in [2.05, 4.69) is 10.6 Å². The number of nitrogens with one attached hydrogen (secondary N) is 2. The van der Waals surface area contributed by atoms with Crippen LogP contribution in [0.15, 0.2) is 24.3 Å². The summed E-state index contributed by atoms with van der Waals surface area (Å²) in [6.45, 7) is 3.99. The number of hydrogen-bond donors (Lipinski definition) is 2. The van der Waals surface area contributed by atoms with Gasteiger partial charge in [0, 0.05) is 12.5 Å². The summed E-state index contributed by atoms with van der Waals surface area (Å²) in [5, 5.41) is 5.95. The Morgan fingerprint density at radius 3 is 2.70 bits per heavy atom. The molecule has 2 amide bonds. The third-order valence-electron chi connectivity index (χ3n) is 4.60. The number of carbonyl (C=O) groups is 2. The molecule has 0 aliphatic carbocycles. The van der Waals surface area contributed by atoms with Crippen molar-refractivity contribution in [3.63, 3.8) is 0 Å². The Hall–Kier alpha value is -1.66. The third-order valence-corrected chi connectivity index (χ3v) is 4.60. The van der Waals surface area contributed by atoms with Gasteiger partial charge in [-0.15, -0.1) is 12.4 Å². The summed E-state index contributed by atoms with van der Waals surface area (Å²) < 4.78 is 13.8. The van der Waals surface area contributed by atoms with Gasteiger partial charge in [0.25, 0.3) is 0 Å². The Morgan fingerprint density at radius 2 is 2.09 bits per heavy atom. The second-order valence-electron chi connectivity index (χ2n) is 6.00. The quantitative estimate of drug-likeness (QED) is 0.868. The third kappa shape index (κ3) is 3.48. The molecule has 2 unspecified atom stereocenters. The fourth-order valence-electron chi connectivity index (χ4n) is 2.91. The number of para-hydroxylation sites is 1. The van der Waals surface area contributed by atoms with Crippen molar-refractivity contribution in [2.45, 2.75) is 19.4 Å². The van der Waals surface area contributed by atoms with Crippen molar-refractivity contribution in [2.24, 2.45) is 11.8 Å². The summed E-state index contributed by atoms with van der Waals surface area (Å²) >= 11 is 0. The molecule has 2 fully saturated rings. The van der Waals surface area contributed by atoms with E-state index in [9.17, 15) is 14.0 Å². The molecule has 0 aromatic heterocycles. The molecule has 2 aliphatic heterocycles. The summed E-state index contributed by atoms with van der Waals surface area (Å²) in [5.74, 6) is -0.537. The van der Waals surface area contributed by atoms with E-state index in [1.54, 1.807) is 18.2 Å². The first-order chi connectivity index (χ1) is 10.6. The van der Waals surface area contributed by atoms with Crippen LogP contribution in [0.2, 0.25) is 0 Å². The van der Waals surface area contributed by atoms with Gasteiger partial charge >= 0.3 is 0 Å². The fourth-order valence-corrected chi connectivity index (χ4v) is 2.91. The van der Waals surface area contributed by atoms with Crippen LogP contribution in [-0.4, -0.2) is 37.5 Å². The summed E-state index contributed by atoms with van der Waals surface area (Å²) in [6, 6.07) is 5.65. The number of rotatable bonds is 4. The van der Waals surface area contributed by atoms with Gasteiger partial charge in [-0.05, 0) is 37.6 Å². The van der Waals surface area contributed by atoms with E-state index in [1.165, 1.54) is 11.0 Å². The van der Waals surface area contributed by atoms with Crippen molar-refractivity contribution in [1.29, 1.82) is 0 Å². The van der Waals surface area contributed by atoms with Gasteiger partial charge in [0.05, 0.1) is 5.69 Å². The largest absolute Gasteiger partial charge is 0.344 e. The van der Waals surface area contributed by atoms with Crippen LogP contribution in [0.1, 0.15) is 13.3 Å². The van der Waals surface area contributed by atoms with E-state index in [0.717, 1.165) is 13.1 Å². The summed E-state index contributed by atoms with van der Waals surface area (Å²) in [4.78, 5) is 26.0. The molecule has 2 aliphatic rings. The first kappa shape index (κ1) is 17.7. The minimum Gasteiger partial charge on any atom is -0.344 e. The fraction of sp³-hybridized carbons (Fsp3) is 0.500. The predicted octanol–water partition coefficient (Wildman–Crippen LogP) is 1.32. The van der Waals surface area contributed by atoms with Crippen LogP contribution in [-0.2, 0) is 9.59 Å². The summed E-state index contributed by atoms with van der Waals surface area (Å²) in [7, 11) is 0. The SMILES string of the molecule is CC(C(=O)NC1CCN(c2ccccc2F)C1=O)C1CNC1.Cl. The maximum Gasteiger partial charge on any atom is 0.249 e. The highest BCUT2D eigenvalue weighted by molar-refractivity contribution is 6.01. The van der Waals surface area contributed by atoms with E-state index in [1.807, 2.05) is 6.92 Å². The molecule has 3 rings (SSSR count). The lowest BCUT2D eigenvalue weighted by molar-refractivity contribution is -0.130. The molecule has 0 radical (unpaired) electrons. The predicted molar refractivity (Wildman–Crippen MR) is 88.1 cm³/mol. The smallest absolute Gasteiger partial charge is 0.249 e. The van der Waals surface area contributed by atoms with Gasteiger partial charge in [0.2, 0.25) is 11.8 Å². The average molecular weight is 342 g/mol. The molecule has 7 heteroatoms. The molecule has 5 nitrogen and oxygen atoms in total. The number of halogens is 2. The molecule has 2 saturated heterocycles. The molecule has 126 valence electrons. The normalized spacial score (nSPS) is 22.3. The zero-order valence-electron chi connectivity index (χ0n) is 12.9. The van der Waals surface area contributed by atoms with E-state index in [-0.39, 0.29) is 35.8 Å². The van der Waals surface area contributed by atoms with E-state index >= 15 is 0 Å². The number of amides is 2. The van der Waals surface area contributed by atoms with Crippen molar-refractivity contribution in [3.05, 3.63) is 30.1 Å². The zero-order chi connectivity index (χ0) is 15.7. The van der Waals surface area contributed by atoms with Crippen LogP contribution in [0, 0.1) is 17.7 Å². The molecule has 1 aromatic carbocycles. The Labute approximate surface area is 141 Å². The second-order valence-corrected chi connectivity index (χ2v) is 6.00. The molecule has 0 bridgehead atoms. The first-order valence-corrected chi connectivity index (χ1v) is 7.65. The maximum absolute atomic E-state index is 13.8. The lowest BCUT2D eigenvalue weighted by Crippen LogP contribution is -2.52. The zero-order valence-corrected chi connectivity index (χ0v) is 13.7. The van der Waals surface area contributed by atoms with Gasteiger partial charge in [-0.3, -0.25) is 9.59 Å². The molecule has 0 spiro atoms. The van der Waals surface area contributed by atoms with Gasteiger partial charge in [0.15, 0.2) is 0 Å². The Morgan fingerprint density at radius 1 is 1.39 bits per heavy atom. The van der Waals surface area contributed by atoms with Crippen LogP contribution in [0.25, 0.3) is 0 Å². The van der Waals surface area contributed by atoms with Gasteiger partial charge in [-0.1, -0.05) is 19.1 Å². The molecule has 23 heavy (non-hydrogen) atoms. The standard InChI is InChI=1S/C16H20FN3O2.ClH/c1-10(11-8-18-9-11)15(21)19-13-6-7-20(16(13)22)14-5-3-2-4-12(14)17;/h2-5,10-11,13,18H,6-9H2,1H3,(H,19,21);1H. The van der Waals surface area contributed by atoms with Gasteiger partial charge < -0.3 is 15.5 Å². The van der Waals surface area contributed by atoms with Crippen molar-refractivity contribution < 1.29 is 14.0 Å². The molecular formula is C16H21ClFN3O2. The molecule has 0 saturated carbocycles. The number of benzene rings is 1. The molecule has 1 aromatic rings. The number of anilines is 1. The van der Waals surface area contributed by atoms with E-state index in [0.29, 0.717) is 18.9 Å². The number of carbonyl (C=O) groups excluding carboxylic acids is 2. The monoisotopic (exact) mass is 341 g/mol. The average Bonchev–Trinajstić information content (AvgIpc) is 2.79. The Kier molecular flexibility index (Phi) is 5.59.